The monoisotopic (exact) mass is 253 g/mol. The zero-order chi connectivity index (χ0) is 11.5. The molecule has 1 heterocycles. The van der Waals surface area contributed by atoms with Gasteiger partial charge in [0.25, 0.3) is 0 Å². The summed E-state index contributed by atoms with van der Waals surface area (Å²) in [4.78, 5) is 16.9. The average molecular weight is 253 g/mol. The fourth-order valence-electron chi connectivity index (χ4n) is 1.98. The van der Waals surface area contributed by atoms with E-state index in [1.165, 1.54) is 29.7 Å². The Hall–Kier alpha value is -1.03. The molecule has 1 aliphatic carbocycles. The molecule has 2 rings (SSSR count). The smallest absolute Gasteiger partial charge is 0.341 e. The van der Waals surface area contributed by atoms with Gasteiger partial charge in [0.2, 0.25) is 0 Å². The van der Waals surface area contributed by atoms with Crippen LogP contribution in [0.15, 0.2) is 4.99 Å². The summed E-state index contributed by atoms with van der Waals surface area (Å²) in [6, 6.07) is 0. The Morgan fingerprint density at radius 2 is 2.25 bits per heavy atom. The molecule has 0 atom stereocenters. The standard InChI is InChI=1S/C11H11NO2S2/c1-14-11(13)9-7-4-2-3-5-8(7)16-10(9)12-6-15/h2-5H2,1H3. The van der Waals surface area contributed by atoms with Crippen LogP contribution in [0.5, 0.6) is 0 Å². The summed E-state index contributed by atoms with van der Waals surface area (Å²) < 4.78 is 4.79. The van der Waals surface area contributed by atoms with Crippen molar-refractivity contribution in [3.8, 4) is 0 Å². The number of thiocarbonyl (C=S) groups is 1. The molecule has 0 N–H and O–H groups in total. The summed E-state index contributed by atoms with van der Waals surface area (Å²) in [5, 5.41) is 2.97. The third-order valence-electron chi connectivity index (χ3n) is 2.69. The predicted octanol–water partition coefficient (Wildman–Crippen LogP) is 3.15. The number of hydrogen-bond acceptors (Lipinski definition) is 5. The van der Waals surface area contributed by atoms with Crippen molar-refractivity contribution in [3.63, 3.8) is 0 Å². The zero-order valence-corrected chi connectivity index (χ0v) is 10.5. The molecule has 0 saturated heterocycles. The van der Waals surface area contributed by atoms with Gasteiger partial charge in [0.15, 0.2) is 0 Å². The highest BCUT2D eigenvalue weighted by Crippen LogP contribution is 2.39. The van der Waals surface area contributed by atoms with Crippen molar-refractivity contribution in [2.24, 2.45) is 4.99 Å². The van der Waals surface area contributed by atoms with Gasteiger partial charge in [-0.15, -0.1) is 11.3 Å². The number of isothiocyanates is 1. The van der Waals surface area contributed by atoms with Gasteiger partial charge in [-0.05, 0) is 43.5 Å². The number of methoxy groups -OCH3 is 1. The first-order valence-electron chi connectivity index (χ1n) is 5.08. The number of ether oxygens (including phenoxy) is 1. The fraction of sp³-hybridized carbons (Fsp3) is 0.455. The molecule has 0 saturated carbocycles. The van der Waals surface area contributed by atoms with Crippen molar-refractivity contribution >= 4 is 39.7 Å². The predicted molar refractivity (Wildman–Crippen MR) is 67.0 cm³/mol. The summed E-state index contributed by atoms with van der Waals surface area (Å²) in [6.45, 7) is 0. The number of thiophene rings is 1. The number of rotatable bonds is 2. The molecule has 0 bridgehead atoms. The molecule has 1 aromatic rings. The van der Waals surface area contributed by atoms with Gasteiger partial charge in [-0.1, -0.05) is 0 Å². The van der Waals surface area contributed by atoms with Crippen LogP contribution in [-0.4, -0.2) is 18.2 Å². The van der Waals surface area contributed by atoms with Crippen LogP contribution in [0.3, 0.4) is 0 Å². The van der Waals surface area contributed by atoms with E-state index < -0.39 is 0 Å². The second-order valence-electron chi connectivity index (χ2n) is 3.59. The third kappa shape index (κ3) is 1.94. The first-order valence-corrected chi connectivity index (χ1v) is 6.31. The van der Waals surface area contributed by atoms with Crippen molar-refractivity contribution in [2.45, 2.75) is 25.7 Å². The first kappa shape index (κ1) is 11.5. The van der Waals surface area contributed by atoms with Crippen LogP contribution in [0.25, 0.3) is 0 Å². The van der Waals surface area contributed by atoms with Crippen LogP contribution < -0.4 is 0 Å². The summed E-state index contributed by atoms with van der Waals surface area (Å²) in [6.07, 6.45) is 4.25. The number of aliphatic imine (C=N–C) groups is 1. The molecule has 16 heavy (non-hydrogen) atoms. The molecule has 0 fully saturated rings. The van der Waals surface area contributed by atoms with Gasteiger partial charge in [-0.25, -0.2) is 4.79 Å². The second kappa shape index (κ2) is 4.87. The number of aryl methyl sites for hydroxylation is 1. The van der Waals surface area contributed by atoms with E-state index in [9.17, 15) is 4.79 Å². The molecular weight excluding hydrogens is 242 g/mol. The highest BCUT2D eigenvalue weighted by Gasteiger charge is 2.25. The van der Waals surface area contributed by atoms with E-state index in [1.54, 1.807) is 0 Å². The molecule has 0 spiro atoms. The van der Waals surface area contributed by atoms with Gasteiger partial charge >= 0.3 is 5.97 Å². The van der Waals surface area contributed by atoms with Crippen LogP contribution in [0, 0.1) is 0 Å². The summed E-state index contributed by atoms with van der Waals surface area (Å²) >= 11 is 6.13. The Bertz CT molecular complexity index is 473. The molecule has 0 radical (unpaired) electrons. The van der Waals surface area contributed by atoms with E-state index >= 15 is 0 Å². The summed E-state index contributed by atoms with van der Waals surface area (Å²) in [5.74, 6) is -0.316. The molecule has 1 aliphatic rings. The maximum absolute atomic E-state index is 11.7. The maximum atomic E-state index is 11.7. The van der Waals surface area contributed by atoms with Crippen molar-refractivity contribution in [2.75, 3.05) is 7.11 Å². The normalized spacial score (nSPS) is 13.8. The van der Waals surface area contributed by atoms with Crippen molar-refractivity contribution in [1.82, 2.24) is 0 Å². The average Bonchev–Trinajstić information content (AvgIpc) is 2.66. The van der Waals surface area contributed by atoms with E-state index in [4.69, 9.17) is 4.74 Å². The lowest BCUT2D eigenvalue weighted by molar-refractivity contribution is 0.0601. The quantitative estimate of drug-likeness (QED) is 0.461. The zero-order valence-electron chi connectivity index (χ0n) is 8.91. The van der Waals surface area contributed by atoms with Gasteiger partial charge < -0.3 is 4.74 Å². The third-order valence-corrected chi connectivity index (χ3v) is 3.97. The minimum Gasteiger partial charge on any atom is -0.465 e. The maximum Gasteiger partial charge on any atom is 0.341 e. The van der Waals surface area contributed by atoms with E-state index in [-0.39, 0.29) is 5.97 Å². The largest absolute Gasteiger partial charge is 0.465 e. The van der Waals surface area contributed by atoms with Crippen LogP contribution in [0.1, 0.15) is 33.6 Å². The lowest BCUT2D eigenvalue weighted by atomic mass is 9.95. The Labute approximate surface area is 103 Å². The Balaban J connectivity index is 2.56. The lowest BCUT2D eigenvalue weighted by Crippen LogP contribution is -2.07. The number of carbonyl (C=O) groups excluding carboxylic acids is 1. The molecule has 84 valence electrons. The summed E-state index contributed by atoms with van der Waals surface area (Å²) in [5.41, 5.74) is 1.70. The number of carbonyl (C=O) groups is 1. The number of hydrogen-bond donors (Lipinski definition) is 0. The minimum absolute atomic E-state index is 0.316. The SMILES string of the molecule is COC(=O)c1c(N=C=S)sc2c1CCCC2. The highest BCUT2D eigenvalue weighted by atomic mass is 32.1. The summed E-state index contributed by atoms with van der Waals surface area (Å²) in [7, 11) is 1.39. The lowest BCUT2D eigenvalue weighted by Gasteiger charge is -2.11. The number of fused-ring (bicyclic) bond motifs is 1. The molecular formula is C11H11NO2S2. The Morgan fingerprint density at radius 3 is 2.94 bits per heavy atom. The van der Waals surface area contributed by atoms with Gasteiger partial charge in [0.1, 0.15) is 10.6 Å². The van der Waals surface area contributed by atoms with Crippen molar-refractivity contribution < 1.29 is 9.53 Å². The van der Waals surface area contributed by atoms with Gasteiger partial charge in [-0.3, -0.25) is 0 Å². The molecule has 1 aromatic heterocycles. The number of esters is 1. The van der Waals surface area contributed by atoms with Gasteiger partial charge in [0, 0.05) is 4.88 Å². The molecule has 0 amide bonds. The molecule has 0 unspecified atom stereocenters. The van der Waals surface area contributed by atoms with Crippen LogP contribution >= 0.6 is 23.6 Å². The van der Waals surface area contributed by atoms with Gasteiger partial charge in [-0.2, -0.15) is 4.99 Å². The first-order chi connectivity index (χ1) is 7.77. The van der Waals surface area contributed by atoms with E-state index in [2.05, 4.69) is 22.4 Å². The second-order valence-corrected chi connectivity index (χ2v) is 4.85. The Kier molecular flexibility index (Phi) is 3.49. The van der Waals surface area contributed by atoms with E-state index in [1.807, 2.05) is 0 Å². The highest BCUT2D eigenvalue weighted by molar-refractivity contribution is 7.78. The molecule has 5 heteroatoms. The number of nitrogens with zero attached hydrogens (tertiary/aromatic N) is 1. The van der Waals surface area contributed by atoms with Crippen molar-refractivity contribution in [3.05, 3.63) is 16.0 Å². The minimum atomic E-state index is -0.316. The topological polar surface area (TPSA) is 38.7 Å². The molecule has 0 aromatic carbocycles. The fourth-order valence-corrected chi connectivity index (χ4v) is 3.34. The van der Waals surface area contributed by atoms with Gasteiger partial charge in [0.05, 0.1) is 12.3 Å². The van der Waals surface area contributed by atoms with Crippen LogP contribution in [0.2, 0.25) is 0 Å². The molecule has 0 aliphatic heterocycles. The molecule has 3 nitrogen and oxygen atoms in total. The van der Waals surface area contributed by atoms with Crippen LogP contribution in [0.4, 0.5) is 5.00 Å². The Morgan fingerprint density at radius 1 is 1.50 bits per heavy atom. The van der Waals surface area contributed by atoms with E-state index in [0.29, 0.717) is 10.6 Å². The van der Waals surface area contributed by atoms with Crippen molar-refractivity contribution in [1.29, 1.82) is 0 Å². The van der Waals surface area contributed by atoms with E-state index in [0.717, 1.165) is 24.8 Å². The van der Waals surface area contributed by atoms with Crippen LogP contribution in [-0.2, 0) is 17.6 Å².